The van der Waals surface area contributed by atoms with E-state index in [2.05, 4.69) is 0 Å². The van der Waals surface area contributed by atoms with Crippen LogP contribution in [0.4, 0.5) is 0 Å². The number of sulfone groups is 1. The molecule has 0 bridgehead atoms. The predicted octanol–water partition coefficient (Wildman–Crippen LogP) is 1.27. The number of esters is 1. The highest BCUT2D eigenvalue weighted by Crippen LogP contribution is 2.62. The molecule has 122 valence electrons. The number of carbonyl (C=O) groups is 1. The van der Waals surface area contributed by atoms with Crippen LogP contribution in [0.25, 0.3) is 0 Å². The monoisotopic (exact) mass is 325 g/mol. The lowest BCUT2D eigenvalue weighted by molar-refractivity contribution is -0.149. The second kappa shape index (κ2) is 6.01. The summed E-state index contributed by atoms with van der Waals surface area (Å²) < 4.78 is 29.3. The van der Waals surface area contributed by atoms with Crippen molar-refractivity contribution < 1.29 is 17.9 Å². The van der Waals surface area contributed by atoms with Gasteiger partial charge in [0.2, 0.25) is 0 Å². The maximum atomic E-state index is 12.4. The van der Waals surface area contributed by atoms with Gasteiger partial charge in [-0.25, -0.2) is 8.42 Å². The molecule has 0 aliphatic heterocycles. The zero-order valence-corrected chi connectivity index (χ0v) is 14.0. The molecule has 0 heterocycles. The first kappa shape index (κ1) is 17.0. The van der Waals surface area contributed by atoms with Crippen LogP contribution in [-0.4, -0.2) is 39.0 Å². The summed E-state index contributed by atoms with van der Waals surface area (Å²) in [6.07, 6.45) is 2.06. The fourth-order valence-corrected chi connectivity index (χ4v) is 5.22. The lowest BCUT2D eigenvalue weighted by Gasteiger charge is -2.14. The molecule has 2 N–H and O–H groups in total. The van der Waals surface area contributed by atoms with Gasteiger partial charge in [-0.15, -0.1) is 0 Å². The van der Waals surface area contributed by atoms with Crippen LogP contribution in [0.1, 0.15) is 30.9 Å². The van der Waals surface area contributed by atoms with Gasteiger partial charge in [0.05, 0.1) is 11.9 Å². The van der Waals surface area contributed by atoms with Crippen molar-refractivity contribution in [3.05, 3.63) is 35.4 Å². The smallest absolute Gasteiger partial charge is 0.315 e. The van der Waals surface area contributed by atoms with Gasteiger partial charge in [-0.1, -0.05) is 31.2 Å². The number of rotatable bonds is 6. The van der Waals surface area contributed by atoms with Gasteiger partial charge >= 0.3 is 5.97 Å². The SMILES string of the molecule is CCOC(=O)[C@]1(CN)[C@H](c2ccc(CC)cc2)[C@H]1S(C)(=O)=O. The van der Waals surface area contributed by atoms with Crippen molar-refractivity contribution >= 4 is 15.8 Å². The van der Waals surface area contributed by atoms with Crippen LogP contribution in [0.15, 0.2) is 24.3 Å². The number of nitrogens with two attached hydrogens (primary N) is 1. The lowest BCUT2D eigenvalue weighted by Crippen LogP contribution is -2.33. The van der Waals surface area contributed by atoms with Crippen molar-refractivity contribution in [1.29, 1.82) is 0 Å². The molecule has 0 saturated heterocycles. The molecule has 2 rings (SSSR count). The summed E-state index contributed by atoms with van der Waals surface area (Å²) in [5.41, 5.74) is 6.64. The molecule has 0 radical (unpaired) electrons. The van der Waals surface area contributed by atoms with E-state index >= 15 is 0 Å². The Morgan fingerprint density at radius 1 is 1.27 bits per heavy atom. The molecule has 1 fully saturated rings. The van der Waals surface area contributed by atoms with Crippen LogP contribution in [0.5, 0.6) is 0 Å². The van der Waals surface area contributed by atoms with Crippen LogP contribution in [0.3, 0.4) is 0 Å². The summed E-state index contributed by atoms with van der Waals surface area (Å²) in [6.45, 7) is 3.92. The summed E-state index contributed by atoms with van der Waals surface area (Å²) >= 11 is 0. The van der Waals surface area contributed by atoms with E-state index in [-0.39, 0.29) is 13.2 Å². The molecule has 1 aromatic rings. The van der Waals surface area contributed by atoms with Gasteiger partial charge in [-0.2, -0.15) is 0 Å². The molecule has 1 aliphatic rings. The van der Waals surface area contributed by atoms with E-state index in [9.17, 15) is 13.2 Å². The molecule has 0 aromatic heterocycles. The van der Waals surface area contributed by atoms with E-state index in [0.29, 0.717) is 0 Å². The minimum atomic E-state index is -3.41. The number of aryl methyl sites for hydroxylation is 1. The quantitative estimate of drug-likeness (QED) is 0.796. The molecule has 22 heavy (non-hydrogen) atoms. The minimum absolute atomic E-state index is 0.0379. The molecule has 1 aromatic carbocycles. The summed E-state index contributed by atoms with van der Waals surface area (Å²) in [5, 5.41) is -0.809. The third-order valence-electron chi connectivity index (χ3n) is 4.46. The second-order valence-corrected chi connectivity index (χ2v) is 7.95. The molecular weight excluding hydrogens is 302 g/mol. The molecule has 3 atom stereocenters. The number of ether oxygens (including phenoxy) is 1. The topological polar surface area (TPSA) is 86.5 Å². The fraction of sp³-hybridized carbons (Fsp3) is 0.562. The zero-order valence-electron chi connectivity index (χ0n) is 13.2. The Hall–Kier alpha value is -1.40. The fourth-order valence-electron chi connectivity index (χ4n) is 3.30. The standard InChI is InChI=1S/C16H23NO4S/c1-4-11-6-8-12(9-7-11)13-14(22(3,19)20)16(13,10-17)15(18)21-5-2/h6-9,13-14H,4-5,10,17H2,1-3H3/t13-,14-,16-/m1/s1. The van der Waals surface area contributed by atoms with E-state index in [1.54, 1.807) is 6.92 Å². The Balaban J connectivity index is 2.44. The van der Waals surface area contributed by atoms with Crippen LogP contribution in [0.2, 0.25) is 0 Å². The average Bonchev–Trinajstić information content (AvgIpc) is 3.18. The van der Waals surface area contributed by atoms with E-state index in [1.165, 1.54) is 0 Å². The van der Waals surface area contributed by atoms with Gasteiger partial charge in [0.25, 0.3) is 0 Å². The first-order chi connectivity index (χ1) is 10.3. The van der Waals surface area contributed by atoms with Crippen LogP contribution < -0.4 is 5.73 Å². The molecule has 1 aliphatic carbocycles. The largest absolute Gasteiger partial charge is 0.465 e. The third kappa shape index (κ3) is 2.65. The first-order valence-electron chi connectivity index (χ1n) is 7.47. The Morgan fingerprint density at radius 3 is 2.27 bits per heavy atom. The van der Waals surface area contributed by atoms with Crippen molar-refractivity contribution in [2.45, 2.75) is 31.4 Å². The molecular formula is C16H23NO4S. The van der Waals surface area contributed by atoms with E-state index < -0.39 is 32.4 Å². The lowest BCUT2D eigenvalue weighted by atomic mass is 9.98. The second-order valence-electron chi connectivity index (χ2n) is 5.79. The zero-order chi connectivity index (χ0) is 16.5. The van der Waals surface area contributed by atoms with Crippen LogP contribution >= 0.6 is 0 Å². The Labute approximate surface area is 131 Å². The summed E-state index contributed by atoms with van der Waals surface area (Å²) in [4.78, 5) is 12.4. The first-order valence-corrected chi connectivity index (χ1v) is 9.43. The van der Waals surface area contributed by atoms with E-state index in [0.717, 1.165) is 23.8 Å². The van der Waals surface area contributed by atoms with Crippen molar-refractivity contribution in [3.8, 4) is 0 Å². The number of hydrogen-bond donors (Lipinski definition) is 1. The van der Waals surface area contributed by atoms with Crippen molar-refractivity contribution in [1.82, 2.24) is 0 Å². The Kier molecular flexibility index (Phi) is 4.63. The van der Waals surface area contributed by atoms with Gasteiger partial charge in [-0.05, 0) is 24.5 Å². The maximum absolute atomic E-state index is 12.4. The molecule has 6 heteroatoms. The van der Waals surface area contributed by atoms with Crippen LogP contribution in [0, 0.1) is 5.41 Å². The highest BCUT2D eigenvalue weighted by Gasteiger charge is 2.74. The van der Waals surface area contributed by atoms with Gasteiger partial charge < -0.3 is 10.5 Å². The van der Waals surface area contributed by atoms with E-state index in [4.69, 9.17) is 10.5 Å². The summed E-state index contributed by atoms with van der Waals surface area (Å²) in [7, 11) is -3.41. The number of carbonyl (C=O) groups excluding carboxylic acids is 1. The Morgan fingerprint density at radius 2 is 1.86 bits per heavy atom. The predicted molar refractivity (Wildman–Crippen MR) is 85.3 cm³/mol. The minimum Gasteiger partial charge on any atom is -0.465 e. The number of benzene rings is 1. The maximum Gasteiger partial charge on any atom is 0.315 e. The highest BCUT2D eigenvalue weighted by molar-refractivity contribution is 7.91. The molecule has 0 unspecified atom stereocenters. The molecule has 5 nitrogen and oxygen atoms in total. The molecule has 0 amide bonds. The third-order valence-corrected chi connectivity index (χ3v) is 6.07. The molecule has 0 spiro atoms. The van der Waals surface area contributed by atoms with Crippen molar-refractivity contribution in [2.75, 3.05) is 19.4 Å². The van der Waals surface area contributed by atoms with Crippen molar-refractivity contribution in [2.24, 2.45) is 11.1 Å². The van der Waals surface area contributed by atoms with Gasteiger partial charge in [-0.3, -0.25) is 4.79 Å². The Bertz CT molecular complexity index is 653. The van der Waals surface area contributed by atoms with Crippen LogP contribution in [-0.2, 0) is 25.8 Å². The summed E-state index contributed by atoms with van der Waals surface area (Å²) in [6, 6.07) is 7.69. The highest BCUT2D eigenvalue weighted by atomic mass is 32.2. The number of hydrogen-bond acceptors (Lipinski definition) is 5. The van der Waals surface area contributed by atoms with Gasteiger partial charge in [0.1, 0.15) is 5.41 Å². The normalized spacial score (nSPS) is 27.5. The van der Waals surface area contributed by atoms with Gasteiger partial charge in [0, 0.05) is 18.7 Å². The average molecular weight is 325 g/mol. The summed E-state index contributed by atoms with van der Waals surface area (Å²) in [5.74, 6) is -0.949. The van der Waals surface area contributed by atoms with Gasteiger partial charge in [0.15, 0.2) is 9.84 Å². The van der Waals surface area contributed by atoms with E-state index in [1.807, 2.05) is 31.2 Å². The molecule has 1 saturated carbocycles. The van der Waals surface area contributed by atoms with Crippen molar-refractivity contribution in [3.63, 3.8) is 0 Å².